The van der Waals surface area contributed by atoms with E-state index in [1.54, 1.807) is 30.0 Å². The van der Waals surface area contributed by atoms with Gasteiger partial charge < -0.3 is 9.64 Å². The van der Waals surface area contributed by atoms with E-state index in [4.69, 9.17) is 4.74 Å². The lowest BCUT2D eigenvalue weighted by Crippen LogP contribution is -2.31. The van der Waals surface area contributed by atoms with Crippen molar-refractivity contribution in [2.45, 2.75) is 53.4 Å². The Morgan fingerprint density at radius 2 is 1.61 bits per heavy atom. The van der Waals surface area contributed by atoms with Crippen molar-refractivity contribution in [3.63, 3.8) is 0 Å². The molecular formula is C29H32N2O5. The van der Waals surface area contributed by atoms with Crippen LogP contribution in [0.15, 0.2) is 36.4 Å². The Kier molecular flexibility index (Phi) is 6.18. The molecule has 7 nitrogen and oxygen atoms in total. The average molecular weight is 489 g/mol. The first kappa shape index (κ1) is 24.2. The summed E-state index contributed by atoms with van der Waals surface area (Å²) in [6.45, 7) is 8.12. The van der Waals surface area contributed by atoms with Crippen molar-refractivity contribution in [3.8, 4) is 5.75 Å². The highest BCUT2D eigenvalue weighted by atomic mass is 16.5. The fourth-order valence-electron chi connectivity index (χ4n) is 6.08. The van der Waals surface area contributed by atoms with Gasteiger partial charge in [0.05, 0.1) is 23.4 Å². The molecule has 3 fully saturated rings. The van der Waals surface area contributed by atoms with Crippen LogP contribution in [0.3, 0.4) is 0 Å². The van der Waals surface area contributed by atoms with Gasteiger partial charge in [-0.15, -0.1) is 0 Å². The van der Waals surface area contributed by atoms with Crippen molar-refractivity contribution in [2.24, 2.45) is 23.7 Å². The van der Waals surface area contributed by atoms with Crippen molar-refractivity contribution in [1.82, 2.24) is 0 Å². The Morgan fingerprint density at radius 1 is 0.917 bits per heavy atom. The number of hydrogen-bond acceptors (Lipinski definition) is 5. The Balaban J connectivity index is 1.29. The second-order valence-electron chi connectivity index (χ2n) is 10.7. The number of hydrogen-bond donors (Lipinski definition) is 0. The van der Waals surface area contributed by atoms with Gasteiger partial charge in [-0.3, -0.25) is 19.2 Å². The van der Waals surface area contributed by atoms with Gasteiger partial charge in [0.2, 0.25) is 17.7 Å². The third-order valence-electron chi connectivity index (χ3n) is 7.98. The van der Waals surface area contributed by atoms with E-state index >= 15 is 0 Å². The van der Waals surface area contributed by atoms with Crippen LogP contribution in [0.25, 0.3) is 0 Å². The van der Waals surface area contributed by atoms with Crippen LogP contribution in [0.5, 0.6) is 5.75 Å². The van der Waals surface area contributed by atoms with Crippen LogP contribution < -0.4 is 14.5 Å². The van der Waals surface area contributed by atoms with Gasteiger partial charge in [0.15, 0.2) is 0 Å². The molecule has 1 aliphatic carbocycles. The molecule has 3 aliphatic rings. The Labute approximate surface area is 211 Å². The number of fused-ring (bicyclic) bond motifs is 1. The molecule has 0 aromatic heterocycles. The summed E-state index contributed by atoms with van der Waals surface area (Å²) in [7, 11) is 0. The third-order valence-corrected chi connectivity index (χ3v) is 7.98. The van der Waals surface area contributed by atoms with Crippen molar-refractivity contribution >= 4 is 35.1 Å². The lowest BCUT2D eigenvalue weighted by Gasteiger charge is -2.25. The van der Waals surface area contributed by atoms with Crippen molar-refractivity contribution < 1.29 is 23.9 Å². The van der Waals surface area contributed by atoms with E-state index in [-0.39, 0.29) is 42.5 Å². The van der Waals surface area contributed by atoms with Crippen LogP contribution in [0.4, 0.5) is 11.4 Å². The number of ether oxygens (including phenoxy) is 1. The van der Waals surface area contributed by atoms with Crippen LogP contribution in [0.2, 0.25) is 0 Å². The van der Waals surface area contributed by atoms with Crippen molar-refractivity contribution in [2.75, 3.05) is 16.3 Å². The van der Waals surface area contributed by atoms with Crippen LogP contribution >= 0.6 is 0 Å². The molecule has 0 radical (unpaired) electrons. The second kappa shape index (κ2) is 9.19. The molecule has 0 spiro atoms. The first-order valence-corrected chi connectivity index (χ1v) is 12.7. The number of nitrogens with zero attached hydrogens (tertiary/aromatic N) is 2. The predicted octanol–water partition coefficient (Wildman–Crippen LogP) is 4.50. The molecule has 0 N–H and O–H groups in total. The SMILES string of the molecule is Cc1cc(OC(=O)[C@@H]2CC(=O)N(c3c(C)cccc3C)C2)ccc1N1C(=O)[C@H]2C[C@H](C)CC[C@H]2C1=O. The number of imide groups is 1. The summed E-state index contributed by atoms with van der Waals surface area (Å²) in [5, 5.41) is 0. The fraction of sp³-hybridized carbons (Fsp3) is 0.448. The second-order valence-corrected chi connectivity index (χ2v) is 10.7. The summed E-state index contributed by atoms with van der Waals surface area (Å²) < 4.78 is 5.65. The maximum absolute atomic E-state index is 13.1. The number of carbonyl (C=O) groups excluding carboxylic acids is 4. The van der Waals surface area contributed by atoms with Gasteiger partial charge in [-0.05, 0) is 80.8 Å². The molecule has 0 unspecified atom stereocenters. The average Bonchev–Trinajstić information content (AvgIpc) is 3.31. The van der Waals surface area contributed by atoms with Crippen molar-refractivity contribution in [3.05, 3.63) is 53.1 Å². The molecule has 2 aromatic rings. The molecule has 2 aromatic carbocycles. The van der Waals surface area contributed by atoms with E-state index < -0.39 is 11.9 Å². The molecular weight excluding hydrogens is 456 g/mol. The zero-order valence-corrected chi connectivity index (χ0v) is 21.2. The number of carbonyl (C=O) groups is 4. The molecule has 0 bridgehead atoms. The fourth-order valence-corrected chi connectivity index (χ4v) is 6.08. The summed E-state index contributed by atoms with van der Waals surface area (Å²) in [6, 6.07) is 10.8. The van der Waals surface area contributed by atoms with Gasteiger partial charge in [-0.25, -0.2) is 4.90 Å². The quantitative estimate of drug-likeness (QED) is 0.360. The Morgan fingerprint density at radius 3 is 2.31 bits per heavy atom. The first-order valence-electron chi connectivity index (χ1n) is 12.7. The van der Waals surface area contributed by atoms with Crippen LogP contribution in [-0.2, 0) is 19.2 Å². The molecule has 3 amide bonds. The van der Waals surface area contributed by atoms with Gasteiger partial charge >= 0.3 is 5.97 Å². The van der Waals surface area contributed by atoms with Gasteiger partial charge in [0, 0.05) is 18.7 Å². The Hall–Kier alpha value is -3.48. The third kappa shape index (κ3) is 4.10. The largest absolute Gasteiger partial charge is 0.426 e. The number of benzene rings is 2. The molecule has 5 rings (SSSR count). The zero-order valence-electron chi connectivity index (χ0n) is 21.2. The number of aryl methyl sites for hydroxylation is 3. The molecule has 2 saturated heterocycles. The van der Waals surface area contributed by atoms with Crippen LogP contribution in [-0.4, -0.2) is 30.2 Å². The standard InChI is InChI=1S/C29H32N2O5/c1-16-8-10-22-23(12-16)28(34)31(27(22)33)24-11-9-21(13-19(24)4)36-29(35)20-14-25(32)30(15-20)26-17(2)6-5-7-18(26)3/h5-7,9,11,13,16,20,22-23H,8,10,12,14-15H2,1-4H3/t16-,20-,22-,23+/m1/s1. The zero-order chi connectivity index (χ0) is 25.7. The predicted molar refractivity (Wildman–Crippen MR) is 136 cm³/mol. The normalized spacial score (nSPS) is 25.9. The van der Waals surface area contributed by atoms with Crippen molar-refractivity contribution in [1.29, 1.82) is 0 Å². The lowest BCUT2D eigenvalue weighted by atomic mass is 9.76. The molecule has 2 heterocycles. The highest BCUT2D eigenvalue weighted by molar-refractivity contribution is 6.22. The maximum Gasteiger partial charge on any atom is 0.316 e. The first-order chi connectivity index (χ1) is 17.2. The van der Waals surface area contributed by atoms with Gasteiger partial charge in [0.1, 0.15) is 5.75 Å². The maximum atomic E-state index is 13.1. The summed E-state index contributed by atoms with van der Waals surface area (Å²) in [5.74, 6) is -1.06. The van der Waals surface area contributed by atoms with Gasteiger partial charge in [-0.1, -0.05) is 25.1 Å². The summed E-state index contributed by atoms with van der Waals surface area (Å²) in [5.41, 5.74) is 4.07. The molecule has 7 heteroatoms. The number of rotatable bonds is 4. The van der Waals surface area contributed by atoms with Crippen LogP contribution in [0.1, 0.15) is 49.3 Å². The van der Waals surface area contributed by atoms with Gasteiger partial charge in [-0.2, -0.15) is 0 Å². The minimum atomic E-state index is -0.566. The van der Waals surface area contributed by atoms with E-state index in [0.29, 0.717) is 22.9 Å². The highest BCUT2D eigenvalue weighted by Gasteiger charge is 2.50. The van der Waals surface area contributed by atoms with E-state index in [2.05, 4.69) is 6.92 Å². The lowest BCUT2D eigenvalue weighted by molar-refractivity contribution is -0.139. The number of amides is 3. The monoisotopic (exact) mass is 488 g/mol. The summed E-state index contributed by atoms with van der Waals surface area (Å²) in [6.07, 6.45) is 2.56. The molecule has 188 valence electrons. The smallest absolute Gasteiger partial charge is 0.316 e. The Bertz CT molecular complexity index is 1250. The summed E-state index contributed by atoms with van der Waals surface area (Å²) >= 11 is 0. The van der Waals surface area contributed by atoms with Crippen LogP contribution in [0, 0.1) is 44.4 Å². The molecule has 2 aliphatic heterocycles. The molecule has 4 atom stereocenters. The molecule has 1 saturated carbocycles. The van der Waals surface area contributed by atoms with E-state index in [0.717, 1.165) is 36.1 Å². The number of esters is 1. The van der Waals surface area contributed by atoms with E-state index in [9.17, 15) is 19.2 Å². The number of anilines is 2. The summed E-state index contributed by atoms with van der Waals surface area (Å²) in [4.78, 5) is 54.8. The highest BCUT2D eigenvalue weighted by Crippen LogP contribution is 2.43. The van der Waals surface area contributed by atoms with E-state index in [1.807, 2.05) is 32.0 Å². The molecule has 36 heavy (non-hydrogen) atoms. The minimum Gasteiger partial charge on any atom is -0.426 e. The number of para-hydroxylation sites is 1. The van der Waals surface area contributed by atoms with E-state index in [1.165, 1.54) is 4.90 Å². The minimum absolute atomic E-state index is 0.0947. The van der Waals surface area contributed by atoms with Gasteiger partial charge in [0.25, 0.3) is 0 Å². The topological polar surface area (TPSA) is 84.0 Å².